The van der Waals surface area contributed by atoms with Crippen molar-refractivity contribution in [2.24, 2.45) is 7.05 Å². The molecule has 0 bridgehead atoms. The maximum absolute atomic E-state index is 12.6. The van der Waals surface area contributed by atoms with E-state index in [0.29, 0.717) is 0 Å². The van der Waals surface area contributed by atoms with Crippen LogP contribution < -0.4 is 0 Å². The molecular formula is C13H19N5OS. The Morgan fingerprint density at radius 1 is 1.40 bits per heavy atom. The minimum atomic E-state index is -0.279. The van der Waals surface area contributed by atoms with Gasteiger partial charge in [-0.05, 0) is 13.8 Å². The van der Waals surface area contributed by atoms with E-state index < -0.39 is 0 Å². The number of aromatic nitrogens is 4. The lowest BCUT2D eigenvalue weighted by Crippen LogP contribution is -2.41. The molecule has 1 aliphatic rings. The van der Waals surface area contributed by atoms with Crippen molar-refractivity contribution in [3.8, 4) is 0 Å². The van der Waals surface area contributed by atoms with Gasteiger partial charge < -0.3 is 4.90 Å². The Kier molecular flexibility index (Phi) is 3.45. The maximum atomic E-state index is 12.6. The van der Waals surface area contributed by atoms with Gasteiger partial charge in [0.1, 0.15) is 17.1 Å². The molecule has 0 aromatic carbocycles. The summed E-state index contributed by atoms with van der Waals surface area (Å²) in [6.07, 6.45) is 1.78. The number of rotatable bonds is 2. The first-order valence-electron chi connectivity index (χ1n) is 6.83. The van der Waals surface area contributed by atoms with E-state index in [9.17, 15) is 4.79 Å². The number of carbonyl (C=O) groups is 1. The Bertz CT molecular complexity index is 641. The Labute approximate surface area is 122 Å². The molecule has 0 spiro atoms. The van der Waals surface area contributed by atoms with E-state index in [-0.39, 0.29) is 11.9 Å². The monoisotopic (exact) mass is 293 g/mol. The number of carbonyl (C=O) groups excluding carboxylic acids is 1. The Morgan fingerprint density at radius 2 is 2.10 bits per heavy atom. The van der Waals surface area contributed by atoms with Gasteiger partial charge in [-0.3, -0.25) is 9.48 Å². The fraction of sp³-hybridized carbons (Fsp3) is 0.615. The Morgan fingerprint density at radius 3 is 2.80 bits per heavy atom. The summed E-state index contributed by atoms with van der Waals surface area (Å²) in [7, 11) is 1.90. The van der Waals surface area contributed by atoms with Crippen LogP contribution in [-0.4, -0.2) is 55.0 Å². The molecule has 20 heavy (non-hydrogen) atoms. The summed E-state index contributed by atoms with van der Waals surface area (Å²) in [6, 6.07) is -0.279. The minimum Gasteiger partial charge on any atom is -0.339 e. The number of fused-ring (bicyclic) bond motifs is 1. The van der Waals surface area contributed by atoms with Gasteiger partial charge >= 0.3 is 0 Å². The number of amides is 1. The van der Waals surface area contributed by atoms with Gasteiger partial charge in [0.25, 0.3) is 0 Å². The van der Waals surface area contributed by atoms with Gasteiger partial charge in [-0.2, -0.15) is 22.0 Å². The highest BCUT2D eigenvalue weighted by molar-refractivity contribution is 7.99. The number of nitrogens with zero attached hydrogens (tertiary/aromatic N) is 5. The summed E-state index contributed by atoms with van der Waals surface area (Å²) in [5.41, 5.74) is 2.84. The molecule has 1 amide bonds. The van der Waals surface area contributed by atoms with Crippen molar-refractivity contribution in [3.05, 3.63) is 11.9 Å². The lowest BCUT2D eigenvalue weighted by Gasteiger charge is -2.29. The van der Waals surface area contributed by atoms with Gasteiger partial charge in [0, 0.05) is 31.6 Å². The Balaban J connectivity index is 1.91. The van der Waals surface area contributed by atoms with Gasteiger partial charge in [0.05, 0.1) is 11.9 Å². The van der Waals surface area contributed by atoms with E-state index in [0.717, 1.165) is 41.3 Å². The zero-order valence-corrected chi connectivity index (χ0v) is 12.9. The lowest BCUT2D eigenvalue weighted by molar-refractivity contribution is -0.134. The molecule has 3 heterocycles. The van der Waals surface area contributed by atoms with Crippen LogP contribution in [0, 0.1) is 6.92 Å². The number of hydrogen-bond acceptors (Lipinski definition) is 4. The lowest BCUT2D eigenvalue weighted by atomic mass is 10.2. The quantitative estimate of drug-likeness (QED) is 0.835. The van der Waals surface area contributed by atoms with Gasteiger partial charge in [-0.25, -0.2) is 4.68 Å². The molecule has 0 saturated carbocycles. The van der Waals surface area contributed by atoms with Gasteiger partial charge in [-0.15, -0.1) is 0 Å². The average molecular weight is 293 g/mol. The molecule has 0 N–H and O–H groups in total. The highest BCUT2D eigenvalue weighted by atomic mass is 32.2. The molecule has 1 atom stereocenters. The van der Waals surface area contributed by atoms with Gasteiger partial charge in [-0.1, -0.05) is 0 Å². The van der Waals surface area contributed by atoms with E-state index >= 15 is 0 Å². The van der Waals surface area contributed by atoms with Crippen molar-refractivity contribution >= 4 is 28.7 Å². The third-order valence-electron chi connectivity index (χ3n) is 3.81. The van der Waals surface area contributed by atoms with Crippen molar-refractivity contribution in [1.82, 2.24) is 24.5 Å². The summed E-state index contributed by atoms with van der Waals surface area (Å²) < 4.78 is 3.62. The largest absolute Gasteiger partial charge is 0.339 e. The van der Waals surface area contributed by atoms with E-state index in [4.69, 9.17) is 0 Å². The van der Waals surface area contributed by atoms with Gasteiger partial charge in [0.2, 0.25) is 5.91 Å². The van der Waals surface area contributed by atoms with E-state index in [1.807, 2.05) is 46.9 Å². The van der Waals surface area contributed by atoms with E-state index in [2.05, 4.69) is 10.2 Å². The first-order chi connectivity index (χ1) is 9.59. The SMILES string of the molecule is Cc1nn(C)c2cnn([C@H](C)C(=O)N3CCSCC3)c12. The van der Waals surface area contributed by atoms with Crippen LogP contribution >= 0.6 is 11.8 Å². The summed E-state index contributed by atoms with van der Waals surface area (Å²) in [5, 5.41) is 8.79. The molecule has 108 valence electrons. The molecule has 1 saturated heterocycles. The van der Waals surface area contributed by atoms with Crippen LogP contribution in [0.2, 0.25) is 0 Å². The predicted molar refractivity (Wildman–Crippen MR) is 79.9 cm³/mol. The molecule has 7 heteroatoms. The van der Waals surface area contributed by atoms with Crippen LogP contribution in [-0.2, 0) is 11.8 Å². The van der Waals surface area contributed by atoms with Gasteiger partial charge in [0.15, 0.2) is 0 Å². The van der Waals surface area contributed by atoms with Crippen LogP contribution in [0.3, 0.4) is 0 Å². The average Bonchev–Trinajstić information content (AvgIpc) is 3.01. The minimum absolute atomic E-state index is 0.151. The normalized spacial score (nSPS) is 17.6. The molecule has 1 fully saturated rings. The standard InChI is InChI=1S/C13H19N5OS/c1-9-12-11(16(3)15-9)8-14-18(12)10(2)13(19)17-4-6-20-7-5-17/h8,10H,4-7H2,1-3H3/t10-/m1/s1. The second-order valence-corrected chi connectivity index (χ2v) is 6.37. The molecule has 0 radical (unpaired) electrons. The number of hydrogen-bond donors (Lipinski definition) is 0. The van der Waals surface area contributed by atoms with E-state index in [1.54, 1.807) is 6.20 Å². The summed E-state index contributed by atoms with van der Waals surface area (Å²) >= 11 is 1.90. The third kappa shape index (κ3) is 2.09. The molecular weight excluding hydrogens is 274 g/mol. The number of thioether (sulfide) groups is 1. The molecule has 2 aromatic heterocycles. The number of aryl methyl sites for hydroxylation is 2. The zero-order chi connectivity index (χ0) is 14.3. The summed E-state index contributed by atoms with van der Waals surface area (Å²) in [5.74, 6) is 2.20. The van der Waals surface area contributed by atoms with Crippen molar-refractivity contribution < 1.29 is 4.79 Å². The summed E-state index contributed by atoms with van der Waals surface area (Å²) in [4.78, 5) is 14.5. The molecule has 6 nitrogen and oxygen atoms in total. The zero-order valence-electron chi connectivity index (χ0n) is 12.0. The highest BCUT2D eigenvalue weighted by Gasteiger charge is 2.26. The second kappa shape index (κ2) is 5.12. The van der Waals surface area contributed by atoms with Crippen molar-refractivity contribution in [2.75, 3.05) is 24.6 Å². The highest BCUT2D eigenvalue weighted by Crippen LogP contribution is 2.22. The Hall–Kier alpha value is -1.50. The summed E-state index contributed by atoms with van der Waals surface area (Å²) in [6.45, 7) is 5.55. The van der Waals surface area contributed by atoms with Crippen LogP contribution in [0.25, 0.3) is 11.0 Å². The fourth-order valence-corrected chi connectivity index (χ4v) is 3.62. The topological polar surface area (TPSA) is 56.0 Å². The maximum Gasteiger partial charge on any atom is 0.247 e. The van der Waals surface area contributed by atoms with Crippen LogP contribution in [0.5, 0.6) is 0 Å². The van der Waals surface area contributed by atoms with E-state index in [1.165, 1.54) is 0 Å². The molecule has 2 aromatic rings. The van der Waals surface area contributed by atoms with Crippen LogP contribution in [0.15, 0.2) is 6.20 Å². The molecule has 1 aliphatic heterocycles. The van der Waals surface area contributed by atoms with Crippen molar-refractivity contribution in [1.29, 1.82) is 0 Å². The third-order valence-corrected chi connectivity index (χ3v) is 4.76. The molecule has 3 rings (SSSR count). The first kappa shape index (κ1) is 13.5. The fourth-order valence-electron chi connectivity index (χ4n) is 2.71. The molecule has 0 aliphatic carbocycles. The van der Waals surface area contributed by atoms with Crippen LogP contribution in [0.4, 0.5) is 0 Å². The predicted octanol–water partition coefficient (Wildman–Crippen LogP) is 1.21. The van der Waals surface area contributed by atoms with Crippen molar-refractivity contribution in [2.45, 2.75) is 19.9 Å². The smallest absolute Gasteiger partial charge is 0.247 e. The van der Waals surface area contributed by atoms with Crippen molar-refractivity contribution in [3.63, 3.8) is 0 Å². The molecule has 0 unspecified atom stereocenters. The van der Waals surface area contributed by atoms with Crippen LogP contribution in [0.1, 0.15) is 18.7 Å². The first-order valence-corrected chi connectivity index (χ1v) is 7.98. The second-order valence-electron chi connectivity index (χ2n) is 5.15.